The second-order valence-corrected chi connectivity index (χ2v) is 4.84. The quantitative estimate of drug-likeness (QED) is 0.876. The molecule has 0 bridgehead atoms. The average molecular weight is 360 g/mol. The smallest absolute Gasteiger partial charge is 0.387 e. The summed E-state index contributed by atoms with van der Waals surface area (Å²) in [4.78, 5) is 11.9. The Bertz CT molecular complexity index is 647. The van der Waals surface area contributed by atoms with Gasteiger partial charge in [-0.05, 0) is 58.4 Å². The van der Waals surface area contributed by atoms with Gasteiger partial charge in [0, 0.05) is 11.3 Å². The molecule has 0 radical (unpaired) electrons. The molecule has 2 rings (SSSR count). The highest BCUT2D eigenvalue weighted by molar-refractivity contribution is 9.10. The molecule has 2 aromatic carbocycles. The van der Waals surface area contributed by atoms with Crippen LogP contribution in [0.3, 0.4) is 0 Å². The van der Waals surface area contributed by atoms with Crippen LogP contribution >= 0.6 is 15.9 Å². The normalized spacial score (nSPS) is 10.5. The van der Waals surface area contributed by atoms with E-state index < -0.39 is 18.3 Å². The maximum Gasteiger partial charge on any atom is 0.387 e. The highest BCUT2D eigenvalue weighted by Gasteiger charge is 2.09. The lowest BCUT2D eigenvalue weighted by molar-refractivity contribution is -0.0498. The van der Waals surface area contributed by atoms with Crippen molar-refractivity contribution in [3.05, 3.63) is 58.3 Å². The number of hydrogen-bond donors (Lipinski definition) is 1. The van der Waals surface area contributed by atoms with Crippen LogP contribution < -0.4 is 10.1 Å². The first-order valence-corrected chi connectivity index (χ1v) is 6.56. The number of rotatable bonds is 4. The van der Waals surface area contributed by atoms with E-state index in [9.17, 15) is 18.0 Å². The number of halogens is 4. The summed E-state index contributed by atoms with van der Waals surface area (Å²) in [6.45, 7) is -2.90. The van der Waals surface area contributed by atoms with Gasteiger partial charge in [0.25, 0.3) is 5.91 Å². The second-order valence-electron chi connectivity index (χ2n) is 3.99. The predicted octanol–water partition coefficient (Wildman–Crippen LogP) is 4.44. The first-order valence-electron chi connectivity index (χ1n) is 5.77. The number of alkyl halides is 2. The van der Waals surface area contributed by atoms with E-state index >= 15 is 0 Å². The number of nitrogens with one attached hydrogen (secondary N) is 1. The summed E-state index contributed by atoms with van der Waals surface area (Å²) < 4.78 is 41.4. The van der Waals surface area contributed by atoms with Crippen LogP contribution in [0.2, 0.25) is 0 Å². The van der Waals surface area contributed by atoms with Gasteiger partial charge in [-0.2, -0.15) is 8.78 Å². The number of carbonyl (C=O) groups is 1. The van der Waals surface area contributed by atoms with Crippen molar-refractivity contribution in [3.8, 4) is 5.75 Å². The first-order chi connectivity index (χ1) is 9.95. The maximum atomic E-state index is 13.1. The summed E-state index contributed by atoms with van der Waals surface area (Å²) in [7, 11) is 0. The zero-order valence-corrected chi connectivity index (χ0v) is 12.0. The van der Waals surface area contributed by atoms with Crippen LogP contribution in [0.1, 0.15) is 10.4 Å². The van der Waals surface area contributed by atoms with E-state index in [1.807, 2.05) is 0 Å². The minimum Gasteiger partial charge on any atom is -0.435 e. The summed E-state index contributed by atoms with van der Waals surface area (Å²) in [5.41, 5.74) is 0.665. The van der Waals surface area contributed by atoms with E-state index in [-0.39, 0.29) is 15.8 Å². The number of anilines is 1. The van der Waals surface area contributed by atoms with Gasteiger partial charge < -0.3 is 10.1 Å². The van der Waals surface area contributed by atoms with E-state index in [0.29, 0.717) is 5.69 Å². The van der Waals surface area contributed by atoms with E-state index in [1.165, 1.54) is 42.5 Å². The molecule has 21 heavy (non-hydrogen) atoms. The Labute approximate surface area is 126 Å². The van der Waals surface area contributed by atoms with Crippen molar-refractivity contribution < 1.29 is 22.7 Å². The van der Waals surface area contributed by atoms with Gasteiger partial charge in [-0.3, -0.25) is 4.79 Å². The second kappa shape index (κ2) is 6.62. The van der Waals surface area contributed by atoms with Crippen molar-refractivity contribution in [1.82, 2.24) is 0 Å². The lowest BCUT2D eigenvalue weighted by atomic mass is 10.2. The van der Waals surface area contributed by atoms with Crippen molar-refractivity contribution in [3.63, 3.8) is 0 Å². The lowest BCUT2D eigenvalue weighted by Crippen LogP contribution is -2.12. The molecule has 0 aromatic heterocycles. The minimum absolute atomic E-state index is 0.00692. The summed E-state index contributed by atoms with van der Waals surface area (Å²) in [5, 5.41) is 2.56. The van der Waals surface area contributed by atoms with Crippen molar-refractivity contribution in [1.29, 1.82) is 0 Å². The summed E-state index contributed by atoms with van der Waals surface area (Å²) >= 11 is 2.99. The highest BCUT2D eigenvalue weighted by Crippen LogP contribution is 2.20. The Morgan fingerprint density at radius 1 is 1.14 bits per heavy atom. The lowest BCUT2D eigenvalue weighted by Gasteiger charge is -2.08. The molecule has 0 fully saturated rings. The third kappa shape index (κ3) is 4.22. The van der Waals surface area contributed by atoms with Crippen molar-refractivity contribution in [2.45, 2.75) is 6.61 Å². The number of amides is 1. The van der Waals surface area contributed by atoms with Gasteiger partial charge in [0.15, 0.2) is 0 Å². The Balaban J connectivity index is 2.06. The Hall–Kier alpha value is -2.02. The van der Waals surface area contributed by atoms with Gasteiger partial charge in [0.1, 0.15) is 11.6 Å². The van der Waals surface area contributed by atoms with Crippen LogP contribution in [-0.4, -0.2) is 12.5 Å². The van der Waals surface area contributed by atoms with Crippen LogP contribution in [0.15, 0.2) is 46.9 Å². The molecular formula is C14H9BrF3NO2. The van der Waals surface area contributed by atoms with Crippen LogP contribution in [-0.2, 0) is 0 Å². The molecule has 7 heteroatoms. The fourth-order valence-electron chi connectivity index (χ4n) is 1.56. The molecule has 2 aromatic rings. The van der Waals surface area contributed by atoms with E-state index in [1.54, 1.807) is 0 Å². The number of ether oxygens (including phenoxy) is 1. The summed E-state index contributed by atoms with van der Waals surface area (Å²) in [6.07, 6.45) is 0. The molecular weight excluding hydrogens is 351 g/mol. The molecule has 0 saturated heterocycles. The SMILES string of the molecule is O=C(Nc1ccc(OC(F)F)cc1)c1ccc(F)c(Br)c1. The third-order valence-electron chi connectivity index (χ3n) is 2.52. The topological polar surface area (TPSA) is 38.3 Å². The van der Waals surface area contributed by atoms with Crippen LogP contribution in [0.4, 0.5) is 18.9 Å². The van der Waals surface area contributed by atoms with Crippen LogP contribution in [0, 0.1) is 5.82 Å². The number of benzene rings is 2. The maximum absolute atomic E-state index is 13.1. The van der Waals surface area contributed by atoms with Gasteiger partial charge >= 0.3 is 6.61 Å². The summed E-state index contributed by atoms with van der Waals surface area (Å²) in [6, 6.07) is 9.31. The molecule has 0 aliphatic carbocycles. The third-order valence-corrected chi connectivity index (χ3v) is 3.13. The highest BCUT2D eigenvalue weighted by atomic mass is 79.9. The molecule has 110 valence electrons. The zero-order valence-electron chi connectivity index (χ0n) is 10.4. The van der Waals surface area contributed by atoms with Gasteiger partial charge in [-0.25, -0.2) is 4.39 Å². The van der Waals surface area contributed by atoms with Crippen molar-refractivity contribution in [2.24, 2.45) is 0 Å². The molecule has 0 unspecified atom stereocenters. The fourth-order valence-corrected chi connectivity index (χ4v) is 1.94. The molecule has 1 N–H and O–H groups in total. The van der Waals surface area contributed by atoms with Crippen LogP contribution in [0.5, 0.6) is 5.75 Å². The van der Waals surface area contributed by atoms with Gasteiger partial charge in [0.2, 0.25) is 0 Å². The molecule has 0 aliphatic heterocycles. The van der Waals surface area contributed by atoms with Gasteiger partial charge in [0.05, 0.1) is 4.47 Å². The molecule has 3 nitrogen and oxygen atoms in total. The number of hydrogen-bond acceptors (Lipinski definition) is 2. The minimum atomic E-state index is -2.90. The predicted molar refractivity (Wildman–Crippen MR) is 75.1 cm³/mol. The zero-order chi connectivity index (χ0) is 15.4. The molecule has 1 amide bonds. The standard InChI is InChI=1S/C14H9BrF3NO2/c15-11-7-8(1-6-12(11)16)13(20)19-9-2-4-10(5-3-9)21-14(17)18/h1-7,14H,(H,19,20). The van der Waals surface area contributed by atoms with Crippen molar-refractivity contribution in [2.75, 3.05) is 5.32 Å². The van der Waals surface area contributed by atoms with E-state index in [0.717, 1.165) is 0 Å². The average Bonchev–Trinajstić information content (AvgIpc) is 2.43. The molecule has 0 atom stereocenters. The largest absolute Gasteiger partial charge is 0.435 e. The Kier molecular flexibility index (Phi) is 4.85. The van der Waals surface area contributed by atoms with Crippen LogP contribution in [0.25, 0.3) is 0 Å². The van der Waals surface area contributed by atoms with Gasteiger partial charge in [-0.1, -0.05) is 0 Å². The monoisotopic (exact) mass is 359 g/mol. The van der Waals surface area contributed by atoms with Crippen molar-refractivity contribution >= 4 is 27.5 Å². The molecule has 0 aliphatic rings. The Morgan fingerprint density at radius 3 is 2.38 bits per heavy atom. The fraction of sp³-hybridized carbons (Fsp3) is 0.0714. The van der Waals surface area contributed by atoms with E-state index in [4.69, 9.17) is 0 Å². The molecule has 0 heterocycles. The summed E-state index contributed by atoms with van der Waals surface area (Å²) in [5.74, 6) is -0.925. The number of carbonyl (C=O) groups excluding carboxylic acids is 1. The first kappa shape index (κ1) is 15.4. The van der Waals surface area contributed by atoms with E-state index in [2.05, 4.69) is 26.0 Å². The van der Waals surface area contributed by atoms with Gasteiger partial charge in [-0.15, -0.1) is 0 Å². The molecule has 0 spiro atoms. The molecule has 0 saturated carbocycles. The Morgan fingerprint density at radius 2 is 1.81 bits per heavy atom.